The van der Waals surface area contributed by atoms with Crippen molar-refractivity contribution in [2.75, 3.05) is 6.54 Å². The first kappa shape index (κ1) is 22.0. The zero-order valence-corrected chi connectivity index (χ0v) is 18.2. The maximum Gasteiger partial charge on any atom is 0.262 e. The predicted octanol–water partition coefficient (Wildman–Crippen LogP) is 3.16. The van der Waals surface area contributed by atoms with Crippen LogP contribution in [0.15, 0.2) is 65.7 Å². The van der Waals surface area contributed by atoms with Gasteiger partial charge in [-0.1, -0.05) is 6.92 Å². The molecule has 3 aromatic rings. The zero-order valence-electron chi connectivity index (χ0n) is 17.4. The molecule has 2 atom stereocenters. The molecule has 3 N–H and O–H groups in total. The molecule has 2 unspecified atom stereocenters. The minimum Gasteiger partial charge on any atom is -0.457 e. The molecule has 1 saturated heterocycles. The van der Waals surface area contributed by atoms with E-state index in [1.807, 2.05) is 30.3 Å². The van der Waals surface area contributed by atoms with Crippen molar-refractivity contribution in [3.05, 3.63) is 60.8 Å². The Balaban J connectivity index is 1.50. The fourth-order valence-corrected chi connectivity index (χ4v) is 5.67. The van der Waals surface area contributed by atoms with Crippen LogP contribution in [-0.2, 0) is 14.8 Å². The number of hydrogen-bond acceptors (Lipinski definition) is 6. The zero-order chi connectivity index (χ0) is 22.7. The van der Waals surface area contributed by atoms with Gasteiger partial charge in [-0.2, -0.15) is 9.40 Å². The Bertz CT molecular complexity index is 1160. The Hall–Kier alpha value is -3.21. The van der Waals surface area contributed by atoms with Crippen LogP contribution in [-0.4, -0.2) is 46.6 Å². The molecule has 10 heteroatoms. The third kappa shape index (κ3) is 4.38. The number of nitrogens with one attached hydrogen (secondary N) is 2. The molecule has 1 aliphatic rings. The van der Waals surface area contributed by atoms with E-state index in [-0.39, 0.29) is 17.4 Å². The van der Waals surface area contributed by atoms with Gasteiger partial charge >= 0.3 is 0 Å². The molecule has 0 bridgehead atoms. The first-order valence-electron chi connectivity index (χ1n) is 10.2. The Kier molecular flexibility index (Phi) is 6.26. The maximum atomic E-state index is 13.2. The number of carbonyl (C=O) groups excluding carboxylic acids is 1. The lowest BCUT2D eigenvalue weighted by molar-refractivity contribution is -0.135. The summed E-state index contributed by atoms with van der Waals surface area (Å²) in [5.41, 5.74) is 3.46. The Morgan fingerprint density at radius 1 is 1.12 bits per heavy atom. The molecule has 32 heavy (non-hydrogen) atoms. The van der Waals surface area contributed by atoms with Crippen molar-refractivity contribution in [3.8, 4) is 22.8 Å². The smallest absolute Gasteiger partial charge is 0.262 e. The summed E-state index contributed by atoms with van der Waals surface area (Å²) in [5.74, 6) is 0.153. The molecule has 0 aliphatic carbocycles. The molecule has 1 aromatic heterocycles. The molecular formula is C22H24N4O5S. The van der Waals surface area contributed by atoms with Crippen molar-refractivity contribution >= 4 is 15.9 Å². The second kappa shape index (κ2) is 9.11. The number of rotatable bonds is 6. The van der Waals surface area contributed by atoms with E-state index in [1.54, 1.807) is 30.7 Å². The van der Waals surface area contributed by atoms with Gasteiger partial charge in [-0.15, -0.1) is 0 Å². The fraction of sp³-hybridized carbons (Fsp3) is 0.273. The average Bonchev–Trinajstić information content (AvgIpc) is 3.34. The second-order valence-corrected chi connectivity index (χ2v) is 9.61. The number of piperidine rings is 1. The molecule has 2 heterocycles. The molecule has 1 fully saturated rings. The van der Waals surface area contributed by atoms with E-state index in [9.17, 15) is 13.2 Å². The number of hydroxylamine groups is 1. The molecular weight excluding hydrogens is 432 g/mol. The summed E-state index contributed by atoms with van der Waals surface area (Å²) >= 11 is 0. The van der Waals surface area contributed by atoms with E-state index in [0.717, 1.165) is 15.6 Å². The highest BCUT2D eigenvalue weighted by Gasteiger charge is 2.41. The third-order valence-electron chi connectivity index (χ3n) is 5.60. The normalized spacial score (nSPS) is 19.4. The van der Waals surface area contributed by atoms with Gasteiger partial charge in [0.25, 0.3) is 5.91 Å². The number of nitrogens with zero attached hydrogens (tertiary/aromatic N) is 2. The van der Waals surface area contributed by atoms with Gasteiger partial charge in [-0.05, 0) is 78.9 Å². The number of ether oxygens (including phenoxy) is 1. The number of sulfonamides is 1. The molecule has 1 aliphatic heterocycles. The first-order valence-corrected chi connectivity index (χ1v) is 11.7. The van der Waals surface area contributed by atoms with Gasteiger partial charge in [0.1, 0.15) is 17.5 Å². The van der Waals surface area contributed by atoms with E-state index < -0.39 is 22.0 Å². The van der Waals surface area contributed by atoms with Crippen LogP contribution in [0.3, 0.4) is 0 Å². The standard InChI is InChI=1S/C22H24N4O5S/c1-15-3-2-14-26(21(15)22(27)25-28)32(29,30)19-10-8-18(9-11-19)31-17-6-4-16(5-7-17)20-12-13-23-24-20/h4-13,15,21,28H,2-3,14H2,1H3,(H,23,24)(H,25,27). The Morgan fingerprint density at radius 3 is 2.38 bits per heavy atom. The summed E-state index contributed by atoms with van der Waals surface area (Å²) in [4.78, 5) is 12.2. The van der Waals surface area contributed by atoms with Crippen molar-refractivity contribution in [3.63, 3.8) is 0 Å². The highest BCUT2D eigenvalue weighted by molar-refractivity contribution is 7.89. The highest BCUT2D eigenvalue weighted by Crippen LogP contribution is 2.31. The minimum atomic E-state index is -3.92. The SMILES string of the molecule is CC1CCCN(S(=O)(=O)c2ccc(Oc3ccc(-c4ccn[nH]4)cc3)cc2)C1C(=O)NO. The van der Waals surface area contributed by atoms with Crippen LogP contribution >= 0.6 is 0 Å². The number of aromatic nitrogens is 2. The largest absolute Gasteiger partial charge is 0.457 e. The third-order valence-corrected chi connectivity index (χ3v) is 7.49. The molecule has 0 spiro atoms. The first-order chi connectivity index (χ1) is 15.4. The summed E-state index contributed by atoms with van der Waals surface area (Å²) in [6, 6.07) is 14.4. The van der Waals surface area contributed by atoms with Gasteiger partial charge in [0.05, 0.1) is 10.6 Å². The van der Waals surface area contributed by atoms with E-state index >= 15 is 0 Å². The van der Waals surface area contributed by atoms with Crippen LogP contribution in [0.2, 0.25) is 0 Å². The Morgan fingerprint density at radius 2 is 1.78 bits per heavy atom. The Labute approximate surface area is 186 Å². The van der Waals surface area contributed by atoms with Crippen molar-refractivity contribution in [2.45, 2.75) is 30.7 Å². The molecule has 0 saturated carbocycles. The van der Waals surface area contributed by atoms with Crippen molar-refractivity contribution < 1.29 is 23.2 Å². The lowest BCUT2D eigenvalue weighted by Crippen LogP contribution is -2.54. The molecule has 9 nitrogen and oxygen atoms in total. The number of hydrogen-bond donors (Lipinski definition) is 3. The lowest BCUT2D eigenvalue weighted by Gasteiger charge is -2.37. The molecule has 4 rings (SSSR count). The van der Waals surface area contributed by atoms with Gasteiger partial charge < -0.3 is 4.74 Å². The summed E-state index contributed by atoms with van der Waals surface area (Å²) in [7, 11) is -3.92. The van der Waals surface area contributed by atoms with Gasteiger partial charge in [0.15, 0.2) is 0 Å². The van der Waals surface area contributed by atoms with E-state index in [4.69, 9.17) is 9.94 Å². The van der Waals surface area contributed by atoms with E-state index in [1.165, 1.54) is 12.1 Å². The van der Waals surface area contributed by atoms with Crippen molar-refractivity contribution in [1.29, 1.82) is 0 Å². The molecule has 1 amide bonds. The van der Waals surface area contributed by atoms with Crippen molar-refractivity contribution in [1.82, 2.24) is 20.0 Å². The number of benzene rings is 2. The minimum absolute atomic E-state index is 0.0595. The van der Waals surface area contributed by atoms with Crippen LogP contribution in [0.5, 0.6) is 11.5 Å². The molecule has 168 valence electrons. The van der Waals surface area contributed by atoms with Crippen LogP contribution < -0.4 is 10.2 Å². The summed E-state index contributed by atoms with van der Waals surface area (Å²) in [6.07, 6.45) is 3.03. The van der Waals surface area contributed by atoms with Gasteiger partial charge in [0.2, 0.25) is 10.0 Å². The van der Waals surface area contributed by atoms with Crippen LogP contribution in [0.25, 0.3) is 11.3 Å². The topological polar surface area (TPSA) is 125 Å². The predicted molar refractivity (Wildman–Crippen MR) is 117 cm³/mol. The number of amides is 1. The van der Waals surface area contributed by atoms with E-state index in [0.29, 0.717) is 24.3 Å². The summed E-state index contributed by atoms with van der Waals surface area (Å²) in [5, 5.41) is 15.9. The highest BCUT2D eigenvalue weighted by atomic mass is 32.2. The number of aromatic amines is 1. The maximum absolute atomic E-state index is 13.2. The fourth-order valence-electron chi connectivity index (χ4n) is 3.95. The quantitative estimate of drug-likeness (QED) is 0.387. The number of carbonyl (C=O) groups is 1. The molecule has 0 radical (unpaired) electrons. The molecule has 2 aromatic carbocycles. The average molecular weight is 457 g/mol. The summed E-state index contributed by atoms with van der Waals surface area (Å²) in [6.45, 7) is 2.02. The monoisotopic (exact) mass is 456 g/mol. The number of H-pyrrole nitrogens is 1. The van der Waals surface area contributed by atoms with Crippen LogP contribution in [0.4, 0.5) is 0 Å². The van der Waals surface area contributed by atoms with Gasteiger partial charge in [-0.25, -0.2) is 13.9 Å². The summed E-state index contributed by atoms with van der Waals surface area (Å²) < 4.78 is 33.4. The van der Waals surface area contributed by atoms with Crippen LogP contribution in [0, 0.1) is 5.92 Å². The van der Waals surface area contributed by atoms with Crippen molar-refractivity contribution in [2.24, 2.45) is 5.92 Å². The van der Waals surface area contributed by atoms with Gasteiger partial charge in [-0.3, -0.25) is 15.1 Å². The van der Waals surface area contributed by atoms with Crippen LogP contribution in [0.1, 0.15) is 19.8 Å². The van der Waals surface area contributed by atoms with E-state index in [2.05, 4.69) is 10.2 Å². The van der Waals surface area contributed by atoms with Gasteiger partial charge in [0, 0.05) is 12.7 Å². The second-order valence-electron chi connectivity index (χ2n) is 7.72. The lowest BCUT2D eigenvalue weighted by atomic mass is 9.92.